The molecule has 0 fully saturated rings. The first-order valence-corrected chi connectivity index (χ1v) is 5.25. The van der Waals surface area contributed by atoms with Crippen molar-refractivity contribution in [2.24, 2.45) is 7.05 Å². The minimum atomic E-state index is 0.454. The second kappa shape index (κ2) is 4.30. The molecule has 0 amide bonds. The maximum absolute atomic E-state index is 9.07. The molecule has 0 atom stereocenters. The lowest BCUT2D eigenvalue weighted by molar-refractivity contribution is 0.415. The monoisotopic (exact) mass is 227 g/mol. The predicted octanol–water partition coefficient (Wildman–Crippen LogP) is 2.28. The van der Waals surface area contributed by atoms with Crippen LogP contribution in [0.4, 0.5) is 0 Å². The summed E-state index contributed by atoms with van der Waals surface area (Å²) in [6.07, 6.45) is 0. The minimum absolute atomic E-state index is 0.454. The molecule has 1 aromatic heterocycles. The van der Waals surface area contributed by atoms with Crippen LogP contribution in [0.2, 0.25) is 0 Å². The number of methoxy groups -OCH3 is 1. The molecule has 0 unspecified atom stereocenters. The van der Waals surface area contributed by atoms with E-state index in [0.29, 0.717) is 5.69 Å². The maximum atomic E-state index is 9.07. The zero-order chi connectivity index (χ0) is 12.4. The van der Waals surface area contributed by atoms with Gasteiger partial charge >= 0.3 is 0 Å². The van der Waals surface area contributed by atoms with Gasteiger partial charge in [0.05, 0.1) is 12.8 Å². The van der Waals surface area contributed by atoms with E-state index in [1.54, 1.807) is 7.11 Å². The Hall–Kier alpha value is -2.28. The van der Waals surface area contributed by atoms with Crippen molar-refractivity contribution in [3.05, 3.63) is 35.8 Å². The molecular formula is C13H13N3O. The van der Waals surface area contributed by atoms with Gasteiger partial charge in [-0.05, 0) is 31.2 Å². The highest BCUT2D eigenvalue weighted by molar-refractivity contribution is 5.66. The molecule has 2 aromatic rings. The van der Waals surface area contributed by atoms with Gasteiger partial charge in [0.2, 0.25) is 0 Å². The summed E-state index contributed by atoms with van der Waals surface area (Å²) in [6.45, 7) is 1.88. The van der Waals surface area contributed by atoms with Gasteiger partial charge in [-0.3, -0.25) is 0 Å². The highest BCUT2D eigenvalue weighted by Crippen LogP contribution is 2.25. The molecule has 0 saturated carbocycles. The molecule has 4 nitrogen and oxygen atoms in total. The van der Waals surface area contributed by atoms with E-state index in [4.69, 9.17) is 10.00 Å². The van der Waals surface area contributed by atoms with Crippen molar-refractivity contribution in [1.29, 1.82) is 5.26 Å². The zero-order valence-electron chi connectivity index (χ0n) is 10.1. The van der Waals surface area contributed by atoms with Gasteiger partial charge < -0.3 is 9.30 Å². The van der Waals surface area contributed by atoms with Crippen LogP contribution in [0.15, 0.2) is 24.3 Å². The lowest BCUT2D eigenvalue weighted by Gasteiger charge is -2.05. The van der Waals surface area contributed by atoms with Crippen LogP contribution in [-0.4, -0.2) is 16.7 Å². The third kappa shape index (κ3) is 1.87. The summed E-state index contributed by atoms with van der Waals surface area (Å²) < 4.78 is 7.03. The van der Waals surface area contributed by atoms with Crippen molar-refractivity contribution in [1.82, 2.24) is 9.55 Å². The molecule has 0 saturated heterocycles. The Balaban J connectivity index is 2.56. The molecule has 0 aliphatic rings. The second-order valence-electron chi connectivity index (χ2n) is 3.76. The normalized spacial score (nSPS) is 10.0. The Labute approximate surface area is 100 Å². The Morgan fingerprint density at radius 3 is 2.47 bits per heavy atom. The van der Waals surface area contributed by atoms with E-state index >= 15 is 0 Å². The maximum Gasteiger partial charge on any atom is 0.166 e. The Morgan fingerprint density at radius 2 is 1.94 bits per heavy atom. The van der Waals surface area contributed by atoms with Gasteiger partial charge in [-0.1, -0.05) is 0 Å². The molecule has 4 heteroatoms. The van der Waals surface area contributed by atoms with Gasteiger partial charge in [0.15, 0.2) is 5.69 Å². The third-order valence-corrected chi connectivity index (χ3v) is 2.79. The number of hydrogen-bond donors (Lipinski definition) is 0. The standard InChI is InChI=1S/C13H13N3O/c1-9-15-12(8-14)13(16(9)2)10-4-6-11(17-3)7-5-10/h4-7H,1-3H3. The van der Waals surface area contributed by atoms with E-state index in [1.165, 1.54) is 0 Å². The summed E-state index contributed by atoms with van der Waals surface area (Å²) in [4.78, 5) is 4.22. The fraction of sp³-hybridized carbons (Fsp3) is 0.231. The van der Waals surface area contributed by atoms with Gasteiger partial charge in [0.1, 0.15) is 17.6 Å². The van der Waals surface area contributed by atoms with E-state index in [9.17, 15) is 0 Å². The first kappa shape index (κ1) is 11.2. The predicted molar refractivity (Wildman–Crippen MR) is 64.6 cm³/mol. The van der Waals surface area contributed by atoms with Crippen molar-refractivity contribution in [2.45, 2.75) is 6.92 Å². The number of nitrogens with zero attached hydrogens (tertiary/aromatic N) is 3. The van der Waals surface area contributed by atoms with Crippen LogP contribution in [0.3, 0.4) is 0 Å². The molecule has 86 valence electrons. The van der Waals surface area contributed by atoms with Gasteiger partial charge in [-0.15, -0.1) is 0 Å². The smallest absolute Gasteiger partial charge is 0.166 e. The minimum Gasteiger partial charge on any atom is -0.497 e. The van der Waals surface area contributed by atoms with Crippen molar-refractivity contribution in [3.63, 3.8) is 0 Å². The van der Waals surface area contributed by atoms with Crippen molar-refractivity contribution in [2.75, 3.05) is 7.11 Å². The average Bonchev–Trinajstić information content (AvgIpc) is 2.65. The quantitative estimate of drug-likeness (QED) is 0.790. The molecule has 0 aliphatic heterocycles. The molecule has 1 aromatic carbocycles. The highest BCUT2D eigenvalue weighted by Gasteiger charge is 2.13. The number of ether oxygens (including phenoxy) is 1. The number of rotatable bonds is 2. The number of imidazole rings is 1. The van der Waals surface area contributed by atoms with Crippen molar-refractivity contribution in [3.8, 4) is 23.1 Å². The van der Waals surface area contributed by atoms with Crippen LogP contribution in [-0.2, 0) is 7.05 Å². The SMILES string of the molecule is COc1ccc(-c2c(C#N)nc(C)n2C)cc1. The highest BCUT2D eigenvalue weighted by atomic mass is 16.5. The number of aryl methyl sites for hydroxylation is 1. The third-order valence-electron chi connectivity index (χ3n) is 2.79. The lowest BCUT2D eigenvalue weighted by atomic mass is 10.1. The molecule has 0 aliphatic carbocycles. The fourth-order valence-electron chi connectivity index (χ4n) is 1.77. The van der Waals surface area contributed by atoms with Gasteiger partial charge in [-0.2, -0.15) is 5.26 Å². The number of hydrogen-bond acceptors (Lipinski definition) is 3. The topological polar surface area (TPSA) is 50.8 Å². The van der Waals surface area contributed by atoms with E-state index in [2.05, 4.69) is 11.1 Å². The Morgan fingerprint density at radius 1 is 1.29 bits per heavy atom. The van der Waals surface area contributed by atoms with Gasteiger partial charge in [0, 0.05) is 12.6 Å². The first-order chi connectivity index (χ1) is 8.17. The van der Waals surface area contributed by atoms with Crippen LogP contribution in [0.5, 0.6) is 5.75 Å². The lowest BCUT2D eigenvalue weighted by Crippen LogP contribution is -1.95. The van der Waals surface area contributed by atoms with Crippen LogP contribution in [0.25, 0.3) is 11.3 Å². The van der Waals surface area contributed by atoms with E-state index < -0.39 is 0 Å². The Bertz CT molecular complexity index is 576. The Kier molecular flexibility index (Phi) is 2.84. The van der Waals surface area contributed by atoms with Crippen LogP contribution in [0, 0.1) is 18.3 Å². The molecule has 2 rings (SSSR count). The summed E-state index contributed by atoms with van der Waals surface area (Å²) in [5.41, 5.74) is 2.26. The molecule has 0 N–H and O–H groups in total. The summed E-state index contributed by atoms with van der Waals surface area (Å²) in [7, 11) is 3.53. The summed E-state index contributed by atoms with van der Waals surface area (Å²) in [5.74, 6) is 1.62. The summed E-state index contributed by atoms with van der Waals surface area (Å²) in [6, 6.07) is 9.72. The van der Waals surface area contributed by atoms with Crippen LogP contribution < -0.4 is 4.74 Å². The fourth-order valence-corrected chi connectivity index (χ4v) is 1.77. The number of nitriles is 1. The van der Waals surface area contributed by atoms with Gasteiger partial charge in [-0.25, -0.2) is 4.98 Å². The van der Waals surface area contributed by atoms with Gasteiger partial charge in [0.25, 0.3) is 0 Å². The molecular weight excluding hydrogens is 214 g/mol. The second-order valence-corrected chi connectivity index (χ2v) is 3.76. The molecule has 1 heterocycles. The van der Waals surface area contributed by atoms with Crippen LogP contribution in [0.1, 0.15) is 11.5 Å². The summed E-state index contributed by atoms with van der Waals surface area (Å²) >= 11 is 0. The number of benzene rings is 1. The van der Waals surface area contributed by atoms with Crippen LogP contribution >= 0.6 is 0 Å². The number of aromatic nitrogens is 2. The molecule has 0 bridgehead atoms. The first-order valence-electron chi connectivity index (χ1n) is 5.25. The van der Waals surface area contributed by atoms with E-state index in [1.807, 2.05) is 42.8 Å². The average molecular weight is 227 g/mol. The van der Waals surface area contributed by atoms with Crippen molar-refractivity contribution < 1.29 is 4.74 Å². The molecule has 0 radical (unpaired) electrons. The molecule has 0 spiro atoms. The van der Waals surface area contributed by atoms with E-state index in [0.717, 1.165) is 22.8 Å². The largest absolute Gasteiger partial charge is 0.497 e. The molecule has 17 heavy (non-hydrogen) atoms. The van der Waals surface area contributed by atoms with Crippen molar-refractivity contribution >= 4 is 0 Å². The summed E-state index contributed by atoms with van der Waals surface area (Å²) in [5, 5.41) is 9.07. The zero-order valence-corrected chi connectivity index (χ0v) is 10.1. The van der Waals surface area contributed by atoms with E-state index in [-0.39, 0.29) is 0 Å².